The Morgan fingerprint density at radius 1 is 0.304 bits per heavy atom. The first-order valence-corrected chi connectivity index (χ1v) is 19.1. The van der Waals surface area contributed by atoms with Crippen molar-refractivity contribution in [1.29, 1.82) is 0 Å². The van der Waals surface area contributed by atoms with Crippen molar-refractivity contribution in [2.45, 2.75) is 0 Å². The number of hydrogen-bond donors (Lipinski definition) is 0. The molecule has 0 N–H and O–H groups in total. The molecule has 258 valence electrons. The Morgan fingerprint density at radius 3 is 1.52 bits per heavy atom. The van der Waals surface area contributed by atoms with Gasteiger partial charge in [0.15, 0.2) is 5.82 Å². The standard InChI is InChI=1S/C53H31N3/c1-2-9-37(10-3-1)52-44-14-4-5-18-47(44)55-53(56-52)39-27-28-46(54-31-39)33-21-19-32(20-22-33)40-29-38-26-25-36-12-7-16-42-41-15-6-11-34-23-24-35-13-8-17-43(50(35)48(34)41)45(30-40)51(38)49(36)42/h1-31H. The van der Waals surface area contributed by atoms with E-state index in [9.17, 15) is 0 Å². The van der Waals surface area contributed by atoms with Gasteiger partial charge in [0, 0.05) is 28.3 Å². The molecule has 0 unspecified atom stereocenters. The highest BCUT2D eigenvalue weighted by Gasteiger charge is 2.17. The fourth-order valence-corrected chi connectivity index (χ4v) is 9.00. The van der Waals surface area contributed by atoms with Gasteiger partial charge in [-0.25, -0.2) is 9.97 Å². The molecule has 0 aliphatic heterocycles. The largest absolute Gasteiger partial charge is 0.255 e. The number of nitrogens with zero attached hydrogens (tertiary/aromatic N) is 3. The van der Waals surface area contributed by atoms with Crippen LogP contribution in [0, 0.1) is 0 Å². The third-order valence-electron chi connectivity index (χ3n) is 11.6. The first-order chi connectivity index (χ1) is 27.7. The molecule has 0 aliphatic carbocycles. The van der Waals surface area contributed by atoms with E-state index in [1.165, 1.54) is 75.8 Å². The van der Waals surface area contributed by atoms with Crippen LogP contribution in [0.2, 0.25) is 0 Å². The molecular weight excluding hydrogens is 679 g/mol. The van der Waals surface area contributed by atoms with E-state index in [2.05, 4.69) is 146 Å². The van der Waals surface area contributed by atoms with Gasteiger partial charge in [-0.05, 0) is 106 Å². The molecule has 0 spiro atoms. The number of rotatable bonds is 4. The number of fused-ring (bicyclic) bond motifs is 3. The Labute approximate surface area is 322 Å². The smallest absolute Gasteiger partial charge is 0.161 e. The van der Waals surface area contributed by atoms with Crippen LogP contribution in [0.5, 0.6) is 0 Å². The number of aromatic nitrogens is 3. The Kier molecular flexibility index (Phi) is 6.63. The van der Waals surface area contributed by atoms with E-state index in [4.69, 9.17) is 15.0 Å². The van der Waals surface area contributed by atoms with Crippen LogP contribution in [0.25, 0.3) is 121 Å². The lowest BCUT2D eigenvalue weighted by Gasteiger charge is -2.17. The Balaban J connectivity index is 0.980. The van der Waals surface area contributed by atoms with E-state index in [-0.39, 0.29) is 0 Å². The predicted octanol–water partition coefficient (Wildman–Crippen LogP) is 14.0. The fourth-order valence-electron chi connectivity index (χ4n) is 9.00. The van der Waals surface area contributed by atoms with E-state index >= 15 is 0 Å². The van der Waals surface area contributed by atoms with Gasteiger partial charge in [0.25, 0.3) is 0 Å². The number of benzene rings is 9. The zero-order chi connectivity index (χ0) is 36.7. The van der Waals surface area contributed by atoms with Gasteiger partial charge in [-0.1, -0.05) is 152 Å². The van der Waals surface area contributed by atoms with Crippen molar-refractivity contribution >= 4 is 75.5 Å². The topological polar surface area (TPSA) is 38.7 Å². The van der Waals surface area contributed by atoms with Gasteiger partial charge in [-0.2, -0.15) is 0 Å². The summed E-state index contributed by atoms with van der Waals surface area (Å²) in [6.07, 6.45) is 1.89. The first-order valence-electron chi connectivity index (χ1n) is 19.1. The second kappa shape index (κ2) is 12.0. The Morgan fingerprint density at radius 2 is 0.857 bits per heavy atom. The molecular formula is C53H31N3. The average Bonchev–Trinajstić information content (AvgIpc) is 3.27. The third kappa shape index (κ3) is 4.68. The molecule has 0 bridgehead atoms. The van der Waals surface area contributed by atoms with Crippen LogP contribution in [0.4, 0.5) is 0 Å². The van der Waals surface area contributed by atoms with E-state index in [0.717, 1.165) is 39.0 Å². The van der Waals surface area contributed by atoms with Crippen LogP contribution < -0.4 is 0 Å². The summed E-state index contributed by atoms with van der Waals surface area (Å²) in [6, 6.07) is 65.6. The lowest BCUT2D eigenvalue weighted by molar-refractivity contribution is 1.21. The SMILES string of the molecule is c1ccc(-c2nc(-c3ccc(-c4ccc(-c5cc6ccc7cccc8c9cccc%10ccc%11cccc(c(c5)c6c78)c%11c%109)cc4)nc3)nc3ccccc23)cc1. The molecule has 2 aromatic heterocycles. The van der Waals surface area contributed by atoms with Crippen LogP contribution in [-0.2, 0) is 0 Å². The third-order valence-corrected chi connectivity index (χ3v) is 11.6. The fraction of sp³-hybridized carbons (Fsp3) is 0. The van der Waals surface area contributed by atoms with Crippen molar-refractivity contribution in [3.05, 3.63) is 188 Å². The summed E-state index contributed by atoms with van der Waals surface area (Å²) in [7, 11) is 0. The molecule has 0 amide bonds. The van der Waals surface area contributed by atoms with Crippen molar-refractivity contribution in [3.8, 4) is 45.0 Å². The second-order valence-corrected chi connectivity index (χ2v) is 14.8. The van der Waals surface area contributed by atoms with Gasteiger partial charge in [-0.3, -0.25) is 4.98 Å². The maximum Gasteiger partial charge on any atom is 0.161 e. The quantitative estimate of drug-likeness (QED) is 0.171. The van der Waals surface area contributed by atoms with Crippen LogP contribution in [0.3, 0.4) is 0 Å². The molecule has 3 nitrogen and oxygen atoms in total. The van der Waals surface area contributed by atoms with Gasteiger partial charge >= 0.3 is 0 Å². The second-order valence-electron chi connectivity index (χ2n) is 14.8. The van der Waals surface area contributed by atoms with E-state index in [0.29, 0.717) is 5.82 Å². The zero-order valence-corrected chi connectivity index (χ0v) is 30.2. The highest BCUT2D eigenvalue weighted by atomic mass is 14.9. The van der Waals surface area contributed by atoms with Gasteiger partial charge in [0.1, 0.15) is 0 Å². The highest BCUT2D eigenvalue weighted by Crippen LogP contribution is 2.44. The average molecular weight is 710 g/mol. The summed E-state index contributed by atoms with van der Waals surface area (Å²) in [5, 5.41) is 16.5. The molecule has 2 heterocycles. The molecule has 3 heteroatoms. The normalized spacial score (nSPS) is 11.9. The number of hydrogen-bond acceptors (Lipinski definition) is 3. The molecule has 0 saturated carbocycles. The Hall–Kier alpha value is -7.49. The molecule has 10 aromatic carbocycles. The molecule has 0 aliphatic rings. The Bertz CT molecular complexity index is 3490. The minimum Gasteiger partial charge on any atom is -0.255 e. The minimum absolute atomic E-state index is 0.666. The van der Waals surface area contributed by atoms with Crippen molar-refractivity contribution in [3.63, 3.8) is 0 Å². The maximum absolute atomic E-state index is 5.04. The molecule has 0 atom stereocenters. The lowest BCUT2D eigenvalue weighted by Crippen LogP contribution is -1.96. The molecule has 56 heavy (non-hydrogen) atoms. The molecule has 12 aromatic rings. The van der Waals surface area contributed by atoms with Crippen molar-refractivity contribution in [2.24, 2.45) is 0 Å². The monoisotopic (exact) mass is 709 g/mol. The van der Waals surface area contributed by atoms with Gasteiger partial charge in [0.2, 0.25) is 0 Å². The predicted molar refractivity (Wildman–Crippen MR) is 235 cm³/mol. The summed E-state index contributed by atoms with van der Waals surface area (Å²) < 4.78 is 0. The summed E-state index contributed by atoms with van der Waals surface area (Å²) >= 11 is 0. The van der Waals surface area contributed by atoms with Crippen LogP contribution in [-0.4, -0.2) is 15.0 Å². The summed E-state index contributed by atoms with van der Waals surface area (Å²) in [5.74, 6) is 0.666. The molecule has 0 fully saturated rings. The van der Waals surface area contributed by atoms with Crippen molar-refractivity contribution < 1.29 is 0 Å². The molecule has 0 saturated heterocycles. The molecule has 0 radical (unpaired) electrons. The van der Waals surface area contributed by atoms with Crippen molar-refractivity contribution in [1.82, 2.24) is 15.0 Å². The summed E-state index contributed by atoms with van der Waals surface area (Å²) in [5.41, 5.74) is 8.12. The summed E-state index contributed by atoms with van der Waals surface area (Å²) in [6.45, 7) is 0. The highest BCUT2D eigenvalue weighted by molar-refractivity contribution is 6.37. The van der Waals surface area contributed by atoms with Crippen LogP contribution in [0.15, 0.2) is 188 Å². The van der Waals surface area contributed by atoms with Crippen LogP contribution >= 0.6 is 0 Å². The van der Waals surface area contributed by atoms with Gasteiger partial charge in [-0.15, -0.1) is 0 Å². The van der Waals surface area contributed by atoms with Gasteiger partial charge in [0.05, 0.1) is 16.9 Å². The minimum atomic E-state index is 0.666. The first kappa shape index (κ1) is 30.9. The molecule has 12 rings (SSSR count). The zero-order valence-electron chi connectivity index (χ0n) is 30.2. The van der Waals surface area contributed by atoms with Crippen LogP contribution in [0.1, 0.15) is 0 Å². The maximum atomic E-state index is 5.04. The van der Waals surface area contributed by atoms with E-state index < -0.39 is 0 Å². The summed E-state index contributed by atoms with van der Waals surface area (Å²) in [4.78, 5) is 14.9. The van der Waals surface area contributed by atoms with Crippen molar-refractivity contribution in [2.75, 3.05) is 0 Å². The lowest BCUT2D eigenvalue weighted by atomic mass is 9.86. The number of para-hydroxylation sites is 1. The van der Waals surface area contributed by atoms with Gasteiger partial charge < -0.3 is 0 Å². The van der Waals surface area contributed by atoms with E-state index in [1.54, 1.807) is 0 Å². The van der Waals surface area contributed by atoms with E-state index in [1.807, 2.05) is 42.6 Å². The number of pyridine rings is 1.